The zero-order chi connectivity index (χ0) is 21.0. The normalized spacial score (nSPS) is 11.5. The van der Waals surface area contributed by atoms with Crippen LogP contribution in [0.2, 0.25) is 0 Å². The van der Waals surface area contributed by atoms with Crippen LogP contribution in [0.5, 0.6) is 0 Å². The Morgan fingerprint density at radius 3 is 2.29 bits per heavy atom. The predicted octanol–water partition coefficient (Wildman–Crippen LogP) is 3.46. The number of nitrogens with zero attached hydrogens (tertiary/aromatic N) is 2. The van der Waals surface area contributed by atoms with Gasteiger partial charge < -0.3 is 15.0 Å². The molecule has 1 amide bonds. The zero-order valence-corrected chi connectivity index (χ0v) is 16.5. The fourth-order valence-corrected chi connectivity index (χ4v) is 2.71. The Labute approximate surface area is 163 Å². The van der Waals surface area contributed by atoms with Crippen molar-refractivity contribution in [3.05, 3.63) is 63.2 Å². The van der Waals surface area contributed by atoms with Crippen LogP contribution in [-0.4, -0.2) is 37.0 Å². The number of nitro groups is 1. The summed E-state index contributed by atoms with van der Waals surface area (Å²) in [7, 11) is 3.41. The van der Waals surface area contributed by atoms with E-state index in [-0.39, 0.29) is 11.3 Å². The van der Waals surface area contributed by atoms with Gasteiger partial charge in [0.05, 0.1) is 16.2 Å². The van der Waals surface area contributed by atoms with E-state index < -0.39 is 22.9 Å². The number of rotatable bonds is 6. The number of ether oxygens (including phenoxy) is 1. The van der Waals surface area contributed by atoms with Gasteiger partial charge >= 0.3 is 5.97 Å². The minimum Gasteiger partial charge on any atom is -0.449 e. The van der Waals surface area contributed by atoms with Crippen molar-refractivity contribution >= 4 is 28.9 Å². The highest BCUT2D eigenvalue weighted by Gasteiger charge is 2.24. The van der Waals surface area contributed by atoms with Crippen molar-refractivity contribution in [3.63, 3.8) is 0 Å². The van der Waals surface area contributed by atoms with Crippen molar-refractivity contribution in [2.45, 2.75) is 26.9 Å². The molecule has 0 aliphatic carbocycles. The molecular formula is C20H23N3O5. The van der Waals surface area contributed by atoms with Gasteiger partial charge in [0, 0.05) is 31.9 Å². The molecule has 8 nitrogen and oxygen atoms in total. The Kier molecular flexibility index (Phi) is 6.35. The van der Waals surface area contributed by atoms with E-state index in [1.807, 2.05) is 32.0 Å². The third kappa shape index (κ3) is 4.64. The topological polar surface area (TPSA) is 102 Å². The summed E-state index contributed by atoms with van der Waals surface area (Å²) >= 11 is 0. The predicted molar refractivity (Wildman–Crippen MR) is 107 cm³/mol. The highest BCUT2D eigenvalue weighted by atomic mass is 16.6. The number of para-hydroxylation sites is 1. The number of hydrogen-bond acceptors (Lipinski definition) is 6. The van der Waals surface area contributed by atoms with Crippen LogP contribution in [0, 0.1) is 24.0 Å². The first kappa shape index (κ1) is 20.9. The Bertz CT molecular complexity index is 904. The number of nitro benzene ring substituents is 1. The molecule has 1 N–H and O–H groups in total. The summed E-state index contributed by atoms with van der Waals surface area (Å²) in [4.78, 5) is 37.1. The molecule has 2 aromatic carbocycles. The number of carbonyl (C=O) groups excluding carboxylic acids is 2. The van der Waals surface area contributed by atoms with Gasteiger partial charge in [-0.15, -0.1) is 0 Å². The number of carbonyl (C=O) groups is 2. The summed E-state index contributed by atoms with van der Waals surface area (Å²) in [6, 6.07) is 9.54. The van der Waals surface area contributed by atoms with Crippen molar-refractivity contribution in [3.8, 4) is 0 Å². The van der Waals surface area contributed by atoms with Gasteiger partial charge in [-0.3, -0.25) is 14.9 Å². The van der Waals surface area contributed by atoms with Crippen molar-refractivity contribution < 1.29 is 19.2 Å². The fraction of sp³-hybridized carbons (Fsp3) is 0.300. The lowest BCUT2D eigenvalue weighted by atomic mass is 10.1. The largest absolute Gasteiger partial charge is 0.449 e. The molecular weight excluding hydrogens is 362 g/mol. The lowest BCUT2D eigenvalue weighted by Crippen LogP contribution is -2.31. The first-order valence-electron chi connectivity index (χ1n) is 8.65. The summed E-state index contributed by atoms with van der Waals surface area (Å²) in [6.45, 7) is 5.19. The van der Waals surface area contributed by atoms with Gasteiger partial charge in [0.25, 0.3) is 11.6 Å². The van der Waals surface area contributed by atoms with E-state index in [4.69, 9.17) is 4.74 Å². The van der Waals surface area contributed by atoms with Crippen LogP contribution in [0.4, 0.5) is 17.1 Å². The van der Waals surface area contributed by atoms with Gasteiger partial charge in [0.1, 0.15) is 0 Å². The smallest absolute Gasteiger partial charge is 0.341 e. The molecule has 0 saturated carbocycles. The highest BCUT2D eigenvalue weighted by Crippen LogP contribution is 2.26. The molecule has 0 bridgehead atoms. The molecule has 0 radical (unpaired) electrons. The van der Waals surface area contributed by atoms with Crippen LogP contribution in [0.25, 0.3) is 0 Å². The number of aryl methyl sites for hydroxylation is 2. The number of esters is 1. The van der Waals surface area contributed by atoms with E-state index in [1.165, 1.54) is 19.1 Å². The van der Waals surface area contributed by atoms with Crippen LogP contribution >= 0.6 is 0 Å². The zero-order valence-electron chi connectivity index (χ0n) is 16.5. The quantitative estimate of drug-likeness (QED) is 0.464. The Balaban J connectivity index is 2.21. The fourth-order valence-electron chi connectivity index (χ4n) is 2.71. The summed E-state index contributed by atoms with van der Waals surface area (Å²) in [5.41, 5.74) is 2.69. The van der Waals surface area contributed by atoms with Crippen LogP contribution < -0.4 is 10.2 Å². The third-order valence-corrected chi connectivity index (χ3v) is 4.28. The summed E-state index contributed by atoms with van der Waals surface area (Å²) < 4.78 is 5.28. The van der Waals surface area contributed by atoms with Gasteiger partial charge in [0.2, 0.25) is 0 Å². The number of non-ortho nitro benzene ring substituents is 1. The average Bonchev–Trinajstić information content (AvgIpc) is 2.63. The average molecular weight is 385 g/mol. The molecule has 0 spiro atoms. The maximum Gasteiger partial charge on any atom is 0.341 e. The van der Waals surface area contributed by atoms with Crippen LogP contribution in [0.15, 0.2) is 36.4 Å². The van der Waals surface area contributed by atoms with Crippen molar-refractivity contribution in [1.82, 2.24) is 0 Å². The third-order valence-electron chi connectivity index (χ3n) is 4.28. The first-order valence-corrected chi connectivity index (χ1v) is 8.65. The van der Waals surface area contributed by atoms with E-state index in [0.717, 1.165) is 17.2 Å². The molecule has 0 heterocycles. The van der Waals surface area contributed by atoms with E-state index >= 15 is 0 Å². The van der Waals surface area contributed by atoms with E-state index in [0.29, 0.717) is 11.4 Å². The highest BCUT2D eigenvalue weighted by molar-refractivity contribution is 6.00. The SMILES string of the molecule is Cc1cccc(C)c1NC(=O)[C@@H](C)OC(=O)c1cc([N+](=O)[O-])ccc1N(C)C. The van der Waals surface area contributed by atoms with Crippen molar-refractivity contribution in [2.75, 3.05) is 24.3 Å². The molecule has 28 heavy (non-hydrogen) atoms. The minimum absolute atomic E-state index is 0.0194. The number of benzene rings is 2. The monoisotopic (exact) mass is 385 g/mol. The second-order valence-electron chi connectivity index (χ2n) is 6.66. The van der Waals surface area contributed by atoms with Gasteiger partial charge in [-0.2, -0.15) is 0 Å². The Hall–Kier alpha value is -3.42. The molecule has 0 aromatic heterocycles. The molecule has 1 atom stereocenters. The van der Waals surface area contributed by atoms with E-state index in [2.05, 4.69) is 5.32 Å². The molecule has 0 saturated heterocycles. The lowest BCUT2D eigenvalue weighted by Gasteiger charge is -2.19. The second-order valence-corrected chi connectivity index (χ2v) is 6.66. The first-order chi connectivity index (χ1) is 13.1. The molecule has 0 fully saturated rings. The van der Waals surface area contributed by atoms with Gasteiger partial charge in [-0.1, -0.05) is 18.2 Å². The van der Waals surface area contributed by atoms with Gasteiger partial charge in [-0.05, 0) is 38.0 Å². The maximum absolute atomic E-state index is 12.6. The maximum atomic E-state index is 12.6. The molecule has 2 rings (SSSR count). The van der Waals surface area contributed by atoms with Crippen molar-refractivity contribution in [2.24, 2.45) is 0 Å². The second kappa shape index (κ2) is 8.51. The van der Waals surface area contributed by atoms with E-state index in [9.17, 15) is 19.7 Å². The number of amides is 1. The van der Waals surface area contributed by atoms with Crippen LogP contribution in [-0.2, 0) is 9.53 Å². The van der Waals surface area contributed by atoms with Crippen LogP contribution in [0.1, 0.15) is 28.4 Å². The standard InChI is InChI=1S/C20H23N3O5/c1-12-7-6-8-13(2)18(12)21-19(24)14(3)28-20(25)16-11-15(23(26)27)9-10-17(16)22(4)5/h6-11,14H,1-5H3,(H,21,24)/t14-/m1/s1. The molecule has 0 aliphatic heterocycles. The number of anilines is 2. The van der Waals surface area contributed by atoms with Crippen LogP contribution in [0.3, 0.4) is 0 Å². The van der Waals surface area contributed by atoms with Crippen molar-refractivity contribution in [1.29, 1.82) is 0 Å². The Morgan fingerprint density at radius 2 is 1.75 bits per heavy atom. The minimum atomic E-state index is -1.08. The lowest BCUT2D eigenvalue weighted by molar-refractivity contribution is -0.384. The van der Waals surface area contributed by atoms with Gasteiger partial charge in [0.15, 0.2) is 6.10 Å². The summed E-state index contributed by atoms with van der Waals surface area (Å²) in [6.07, 6.45) is -1.08. The Morgan fingerprint density at radius 1 is 1.14 bits per heavy atom. The molecule has 2 aromatic rings. The molecule has 8 heteroatoms. The number of hydrogen-bond donors (Lipinski definition) is 1. The molecule has 0 aliphatic rings. The molecule has 148 valence electrons. The van der Waals surface area contributed by atoms with E-state index in [1.54, 1.807) is 19.0 Å². The van der Waals surface area contributed by atoms with Gasteiger partial charge in [-0.25, -0.2) is 4.79 Å². The summed E-state index contributed by atoms with van der Waals surface area (Å²) in [5, 5.41) is 13.8. The number of nitrogens with one attached hydrogen (secondary N) is 1. The summed E-state index contributed by atoms with van der Waals surface area (Å²) in [5.74, 6) is -1.29. The molecule has 0 unspecified atom stereocenters.